The number of rotatable bonds is 3. The smallest absolute Gasteiger partial charge is 0.332 e. The van der Waals surface area contributed by atoms with Gasteiger partial charge in [0, 0.05) is 6.21 Å². The van der Waals surface area contributed by atoms with Gasteiger partial charge in [-0.2, -0.15) is 5.10 Å². The second-order valence-electron chi connectivity index (χ2n) is 1.58. The van der Waals surface area contributed by atoms with E-state index in [1.807, 2.05) is 6.92 Å². The molecule has 9 heavy (non-hydrogen) atoms. The third-order valence-corrected chi connectivity index (χ3v) is 0.684. The molecule has 0 bridgehead atoms. The van der Waals surface area contributed by atoms with Gasteiger partial charge in [-0.25, -0.2) is 10.2 Å². The maximum Gasteiger partial charge on any atom is 0.332 e. The van der Waals surface area contributed by atoms with Crippen LogP contribution in [0.5, 0.6) is 0 Å². The highest BCUT2D eigenvalue weighted by molar-refractivity contribution is 5.72. The Hall–Kier alpha value is -1.06. The minimum absolute atomic E-state index is 0.623. The highest BCUT2D eigenvalue weighted by Gasteiger charge is 1.81. The molecule has 52 valence electrons. The molecule has 0 saturated carbocycles. The number of unbranched alkanes of at least 4 members (excludes halogenated alkanes) is 1. The molecule has 0 heterocycles. The number of amides is 2. The first-order valence-corrected chi connectivity index (χ1v) is 2.84. The van der Waals surface area contributed by atoms with Crippen LogP contribution in [0.3, 0.4) is 0 Å². The predicted octanol–water partition coefficient (Wildman–Crippen LogP) is 0.441. The molecule has 0 radical (unpaired) electrons. The molecule has 0 saturated heterocycles. The molecule has 0 unspecified atom stereocenters. The number of carbonyl (C=O) groups is 1. The predicted molar refractivity (Wildman–Crippen MR) is 36.1 cm³/mol. The lowest BCUT2D eigenvalue weighted by molar-refractivity contribution is 0.249. The molecule has 0 aromatic heterocycles. The summed E-state index contributed by atoms with van der Waals surface area (Å²) in [6.07, 6.45) is 3.50. The Bertz CT molecular complexity index is 111. The third-order valence-electron chi connectivity index (χ3n) is 0.684. The van der Waals surface area contributed by atoms with Crippen molar-refractivity contribution in [1.82, 2.24) is 5.43 Å². The Kier molecular flexibility index (Phi) is 4.49. The van der Waals surface area contributed by atoms with E-state index in [1.165, 1.54) is 0 Å². The Morgan fingerprint density at radius 3 is 3.00 bits per heavy atom. The molecule has 0 aromatic carbocycles. The zero-order valence-corrected chi connectivity index (χ0v) is 5.42. The van der Waals surface area contributed by atoms with E-state index in [4.69, 9.17) is 5.73 Å². The fourth-order valence-electron chi connectivity index (χ4n) is 0.303. The van der Waals surface area contributed by atoms with E-state index in [1.54, 1.807) is 6.21 Å². The summed E-state index contributed by atoms with van der Waals surface area (Å²) in [7, 11) is 0. The van der Waals surface area contributed by atoms with Crippen molar-refractivity contribution >= 4 is 12.2 Å². The lowest BCUT2D eigenvalue weighted by atomic mass is 10.4. The van der Waals surface area contributed by atoms with Gasteiger partial charge in [-0.05, 0) is 6.42 Å². The van der Waals surface area contributed by atoms with Crippen LogP contribution in [0.15, 0.2) is 5.10 Å². The van der Waals surface area contributed by atoms with Crippen LogP contribution in [-0.4, -0.2) is 12.2 Å². The van der Waals surface area contributed by atoms with Crippen LogP contribution in [0.1, 0.15) is 19.8 Å². The van der Waals surface area contributed by atoms with Crippen LogP contribution >= 0.6 is 0 Å². The highest BCUT2D eigenvalue weighted by atomic mass is 16.2. The van der Waals surface area contributed by atoms with E-state index in [0.29, 0.717) is 0 Å². The van der Waals surface area contributed by atoms with Gasteiger partial charge in [0.25, 0.3) is 0 Å². The van der Waals surface area contributed by atoms with Crippen molar-refractivity contribution in [3.05, 3.63) is 0 Å². The summed E-state index contributed by atoms with van der Waals surface area (Å²) >= 11 is 0. The second kappa shape index (κ2) is 5.08. The molecule has 4 nitrogen and oxygen atoms in total. The molecule has 4 heteroatoms. The second-order valence-corrected chi connectivity index (χ2v) is 1.58. The van der Waals surface area contributed by atoms with Crippen molar-refractivity contribution in [3.63, 3.8) is 0 Å². The van der Waals surface area contributed by atoms with Crippen molar-refractivity contribution in [3.8, 4) is 0 Å². The first-order valence-electron chi connectivity index (χ1n) is 2.84. The Labute approximate surface area is 54.1 Å². The number of nitrogens with one attached hydrogen (secondary N) is 1. The number of nitrogens with zero attached hydrogens (tertiary/aromatic N) is 1. The van der Waals surface area contributed by atoms with Crippen LogP contribution < -0.4 is 11.2 Å². The third kappa shape index (κ3) is 6.94. The zero-order valence-electron chi connectivity index (χ0n) is 5.42. The van der Waals surface area contributed by atoms with Gasteiger partial charge in [-0.3, -0.25) is 0 Å². The molecule has 2 amide bonds. The minimum atomic E-state index is -0.623. The number of hydrogen-bond donors (Lipinski definition) is 2. The average Bonchev–Trinajstić information content (AvgIpc) is 1.80. The standard InChI is InChI=1S/C5H11N3O/c1-2-3-4-7-8-5(6)9/h4H,2-3H2,1H3,(H3,6,8,9). The van der Waals surface area contributed by atoms with Crippen LogP contribution in [-0.2, 0) is 0 Å². The average molecular weight is 129 g/mol. The van der Waals surface area contributed by atoms with Gasteiger partial charge >= 0.3 is 6.03 Å². The summed E-state index contributed by atoms with van der Waals surface area (Å²) < 4.78 is 0. The molecule has 3 N–H and O–H groups in total. The SMILES string of the molecule is CCCC=NNC(N)=O. The normalized spacial score (nSPS) is 9.89. The quantitative estimate of drug-likeness (QED) is 0.421. The van der Waals surface area contributed by atoms with Gasteiger partial charge in [0.15, 0.2) is 0 Å². The van der Waals surface area contributed by atoms with Crippen molar-refractivity contribution in [2.45, 2.75) is 19.8 Å². The van der Waals surface area contributed by atoms with Gasteiger partial charge in [0.2, 0.25) is 0 Å². The lowest BCUT2D eigenvalue weighted by Gasteiger charge is -1.88. The Morgan fingerprint density at radius 1 is 1.89 bits per heavy atom. The Balaban J connectivity index is 3.14. The number of hydrazone groups is 1. The summed E-state index contributed by atoms with van der Waals surface area (Å²) in [6, 6.07) is -0.623. The summed E-state index contributed by atoms with van der Waals surface area (Å²) in [6.45, 7) is 2.02. The molecule has 0 spiro atoms. The number of hydrogen-bond acceptors (Lipinski definition) is 2. The van der Waals surface area contributed by atoms with Crippen LogP contribution in [0, 0.1) is 0 Å². The zero-order chi connectivity index (χ0) is 7.11. The van der Waals surface area contributed by atoms with E-state index in [9.17, 15) is 4.79 Å². The molecule has 0 aliphatic carbocycles. The van der Waals surface area contributed by atoms with E-state index >= 15 is 0 Å². The van der Waals surface area contributed by atoms with Crippen molar-refractivity contribution in [1.29, 1.82) is 0 Å². The Morgan fingerprint density at radius 2 is 2.56 bits per heavy atom. The van der Waals surface area contributed by atoms with Crippen LogP contribution in [0.4, 0.5) is 4.79 Å². The van der Waals surface area contributed by atoms with Crippen LogP contribution in [0.25, 0.3) is 0 Å². The van der Waals surface area contributed by atoms with E-state index in [-0.39, 0.29) is 0 Å². The minimum Gasteiger partial charge on any atom is -0.350 e. The maximum atomic E-state index is 9.96. The number of carbonyl (C=O) groups excluding carboxylic acids is 1. The number of primary amides is 1. The largest absolute Gasteiger partial charge is 0.350 e. The van der Waals surface area contributed by atoms with Gasteiger partial charge in [0.05, 0.1) is 0 Å². The molecule has 0 aliphatic heterocycles. The van der Waals surface area contributed by atoms with Gasteiger partial charge in [0.1, 0.15) is 0 Å². The molecule has 0 fully saturated rings. The highest BCUT2D eigenvalue weighted by Crippen LogP contribution is 1.78. The fraction of sp³-hybridized carbons (Fsp3) is 0.600. The molecule has 0 aromatic rings. The fourth-order valence-corrected chi connectivity index (χ4v) is 0.303. The number of urea groups is 1. The monoisotopic (exact) mass is 129 g/mol. The van der Waals surface area contributed by atoms with Crippen molar-refractivity contribution < 1.29 is 4.79 Å². The first kappa shape index (κ1) is 7.94. The van der Waals surface area contributed by atoms with E-state index < -0.39 is 6.03 Å². The molecule has 0 aliphatic rings. The first-order chi connectivity index (χ1) is 4.27. The maximum absolute atomic E-state index is 9.96. The lowest BCUT2D eigenvalue weighted by Crippen LogP contribution is -2.24. The molecule has 0 rings (SSSR count). The van der Waals surface area contributed by atoms with Crippen molar-refractivity contribution in [2.24, 2.45) is 10.8 Å². The number of nitrogens with two attached hydrogens (primary N) is 1. The van der Waals surface area contributed by atoms with Gasteiger partial charge < -0.3 is 5.73 Å². The molecular formula is C5H11N3O. The summed E-state index contributed by atoms with van der Waals surface area (Å²) in [5, 5.41) is 3.51. The molecule has 0 atom stereocenters. The molecular weight excluding hydrogens is 118 g/mol. The van der Waals surface area contributed by atoms with Crippen LogP contribution in [0.2, 0.25) is 0 Å². The summed E-state index contributed by atoms with van der Waals surface area (Å²) in [5.74, 6) is 0. The van der Waals surface area contributed by atoms with E-state index in [2.05, 4.69) is 10.5 Å². The summed E-state index contributed by atoms with van der Waals surface area (Å²) in [4.78, 5) is 9.96. The summed E-state index contributed by atoms with van der Waals surface area (Å²) in [5.41, 5.74) is 6.80. The van der Waals surface area contributed by atoms with Gasteiger partial charge in [-0.1, -0.05) is 13.3 Å². The van der Waals surface area contributed by atoms with Gasteiger partial charge in [-0.15, -0.1) is 0 Å². The van der Waals surface area contributed by atoms with E-state index in [0.717, 1.165) is 12.8 Å². The van der Waals surface area contributed by atoms with Crippen molar-refractivity contribution in [2.75, 3.05) is 0 Å². The topological polar surface area (TPSA) is 67.5 Å².